The van der Waals surface area contributed by atoms with E-state index in [9.17, 15) is 4.79 Å². The lowest BCUT2D eigenvalue weighted by Gasteiger charge is -2.65. The zero-order valence-corrected chi connectivity index (χ0v) is 20.3. The van der Waals surface area contributed by atoms with Crippen LogP contribution < -0.4 is 9.47 Å². The highest BCUT2D eigenvalue weighted by Crippen LogP contribution is 2.62. The van der Waals surface area contributed by atoms with Crippen LogP contribution in [0.2, 0.25) is 0 Å². The molecule has 2 aromatic rings. The Balaban J connectivity index is 1.45. The first-order chi connectivity index (χ1) is 16.6. The Morgan fingerprint density at radius 1 is 1.06 bits per heavy atom. The summed E-state index contributed by atoms with van der Waals surface area (Å²) in [7, 11) is 3.60. The monoisotopic (exact) mass is 461 g/mol. The summed E-state index contributed by atoms with van der Waals surface area (Å²) in [5.41, 5.74) is 2.83. The largest absolute Gasteiger partial charge is 0.493 e. The van der Waals surface area contributed by atoms with Crippen LogP contribution in [0.1, 0.15) is 55.2 Å². The van der Waals surface area contributed by atoms with Gasteiger partial charge in [-0.25, -0.2) is 0 Å². The highest BCUT2D eigenvalue weighted by molar-refractivity contribution is 5.83. The van der Waals surface area contributed by atoms with Crippen molar-refractivity contribution < 1.29 is 19.0 Å². The molecule has 2 bridgehead atoms. The summed E-state index contributed by atoms with van der Waals surface area (Å²) in [6.07, 6.45) is 6.46. The number of likely N-dealkylation sites (tertiary alicyclic amines) is 1. The Hall–Kier alpha value is -2.37. The molecular weight excluding hydrogens is 426 g/mol. The third-order valence-electron chi connectivity index (χ3n) is 8.98. The predicted octanol–water partition coefficient (Wildman–Crippen LogP) is 4.69. The van der Waals surface area contributed by atoms with Crippen LogP contribution in [-0.4, -0.2) is 49.6 Å². The second-order valence-corrected chi connectivity index (χ2v) is 10.7. The van der Waals surface area contributed by atoms with Gasteiger partial charge in [-0.15, -0.1) is 0 Å². The molecule has 0 amide bonds. The average molecular weight is 462 g/mol. The van der Waals surface area contributed by atoms with E-state index in [1.807, 2.05) is 25.3 Å². The molecule has 0 radical (unpaired) electrons. The van der Waals surface area contributed by atoms with Crippen molar-refractivity contribution in [2.75, 3.05) is 27.3 Å². The molecule has 1 saturated heterocycles. The maximum absolute atomic E-state index is 13.0. The van der Waals surface area contributed by atoms with E-state index >= 15 is 0 Å². The smallest absolute Gasteiger partial charge is 0.164 e. The van der Waals surface area contributed by atoms with Crippen LogP contribution >= 0.6 is 0 Å². The van der Waals surface area contributed by atoms with Gasteiger partial charge in [0.2, 0.25) is 0 Å². The van der Waals surface area contributed by atoms with Crippen LogP contribution in [0.4, 0.5) is 0 Å². The van der Waals surface area contributed by atoms with Gasteiger partial charge in [0.1, 0.15) is 12.4 Å². The molecule has 2 aromatic carbocycles. The number of ketones is 1. The van der Waals surface area contributed by atoms with Crippen LogP contribution in [0.25, 0.3) is 0 Å². The number of piperidine rings is 1. The molecule has 0 unspecified atom stereocenters. The minimum Gasteiger partial charge on any atom is -0.493 e. The number of fused-ring (bicyclic) bond motifs is 1. The van der Waals surface area contributed by atoms with Gasteiger partial charge in [0.05, 0.1) is 12.7 Å². The molecule has 3 fully saturated rings. The number of benzene rings is 2. The Kier molecular flexibility index (Phi) is 5.45. The van der Waals surface area contributed by atoms with Crippen molar-refractivity contribution in [1.29, 1.82) is 0 Å². The van der Waals surface area contributed by atoms with Gasteiger partial charge in [0.15, 0.2) is 11.5 Å². The molecule has 5 heteroatoms. The maximum Gasteiger partial charge on any atom is 0.164 e. The third-order valence-corrected chi connectivity index (χ3v) is 8.98. The van der Waals surface area contributed by atoms with Gasteiger partial charge in [-0.05, 0) is 61.8 Å². The summed E-state index contributed by atoms with van der Waals surface area (Å²) in [5, 5.41) is 0. The fourth-order valence-corrected chi connectivity index (χ4v) is 7.27. The first-order valence-corrected chi connectivity index (χ1v) is 12.8. The van der Waals surface area contributed by atoms with Gasteiger partial charge in [-0.3, -0.25) is 9.69 Å². The second kappa shape index (κ2) is 8.39. The standard InChI is InChI=1S/C29H35NO4/c1-32-27-24(34-19-21-6-4-3-5-7-21)11-10-22-16-25-29(33-2)13-12-23(31)17-28(29,26(22)27)14-15-30(25)18-20-8-9-20/h3-7,10-11,20,25H,8-9,12-19H2,1-2H3/t25-,28-,29-/m1/s1. The summed E-state index contributed by atoms with van der Waals surface area (Å²) >= 11 is 0. The number of hydrogen-bond donors (Lipinski definition) is 0. The van der Waals surface area contributed by atoms with Crippen molar-refractivity contribution in [3.8, 4) is 11.5 Å². The molecule has 180 valence electrons. The Bertz CT molecular complexity index is 1080. The lowest BCUT2D eigenvalue weighted by atomic mass is 9.49. The zero-order chi connectivity index (χ0) is 23.3. The van der Waals surface area contributed by atoms with E-state index in [0.29, 0.717) is 31.3 Å². The summed E-state index contributed by atoms with van der Waals surface area (Å²) in [6, 6.07) is 14.8. The zero-order valence-electron chi connectivity index (χ0n) is 20.3. The number of carbonyl (C=O) groups is 1. The molecule has 1 heterocycles. The molecule has 3 aliphatic carbocycles. The lowest BCUT2D eigenvalue weighted by Crippen LogP contribution is -2.74. The number of hydrogen-bond acceptors (Lipinski definition) is 5. The van der Waals surface area contributed by atoms with Crippen molar-refractivity contribution in [2.45, 2.75) is 68.6 Å². The molecule has 2 saturated carbocycles. The van der Waals surface area contributed by atoms with Crippen LogP contribution in [0.15, 0.2) is 42.5 Å². The maximum atomic E-state index is 13.0. The number of rotatable bonds is 7. The molecule has 6 rings (SSSR count). The topological polar surface area (TPSA) is 48.0 Å². The van der Waals surface area contributed by atoms with Gasteiger partial charge in [-0.2, -0.15) is 0 Å². The number of Topliss-reactive ketones (excluding diaryl/α,β-unsaturated/α-hetero) is 1. The van der Waals surface area contributed by atoms with Crippen molar-refractivity contribution in [3.63, 3.8) is 0 Å². The molecule has 4 aliphatic rings. The highest BCUT2D eigenvalue weighted by atomic mass is 16.5. The SMILES string of the molecule is COc1c(OCc2ccccc2)ccc2c1[C@]13CCN(CC4CC4)[C@H](C2)[C@]1(OC)CCC(=O)C3. The second-order valence-electron chi connectivity index (χ2n) is 10.7. The number of methoxy groups -OCH3 is 2. The van der Waals surface area contributed by atoms with E-state index in [0.717, 1.165) is 60.9 Å². The number of ether oxygens (including phenoxy) is 3. The molecule has 3 atom stereocenters. The van der Waals surface area contributed by atoms with Crippen LogP contribution in [0.3, 0.4) is 0 Å². The predicted molar refractivity (Wildman–Crippen MR) is 130 cm³/mol. The van der Waals surface area contributed by atoms with Gasteiger partial charge >= 0.3 is 0 Å². The number of carbonyl (C=O) groups excluding carboxylic acids is 1. The molecule has 0 aromatic heterocycles. The van der Waals surface area contributed by atoms with Gasteiger partial charge in [0.25, 0.3) is 0 Å². The third kappa shape index (κ3) is 3.31. The first-order valence-electron chi connectivity index (χ1n) is 12.8. The molecule has 1 aliphatic heterocycles. The van der Waals surface area contributed by atoms with E-state index in [1.54, 1.807) is 7.11 Å². The Morgan fingerprint density at radius 2 is 1.88 bits per heavy atom. The van der Waals surface area contributed by atoms with Gasteiger partial charge in [-0.1, -0.05) is 36.4 Å². The Morgan fingerprint density at radius 3 is 2.62 bits per heavy atom. The fraction of sp³-hybridized carbons (Fsp3) is 0.552. The van der Waals surface area contributed by atoms with E-state index < -0.39 is 0 Å². The quantitative estimate of drug-likeness (QED) is 0.599. The fourth-order valence-electron chi connectivity index (χ4n) is 7.27. The van der Waals surface area contributed by atoms with E-state index in [2.05, 4.69) is 29.2 Å². The van der Waals surface area contributed by atoms with Crippen molar-refractivity contribution in [1.82, 2.24) is 4.90 Å². The van der Waals surface area contributed by atoms with Gasteiger partial charge in [0, 0.05) is 43.5 Å². The Labute approximate surface area is 202 Å². The van der Waals surface area contributed by atoms with E-state index in [4.69, 9.17) is 14.2 Å². The van der Waals surface area contributed by atoms with Crippen molar-refractivity contribution in [3.05, 3.63) is 59.2 Å². The van der Waals surface area contributed by atoms with Crippen molar-refractivity contribution in [2.24, 2.45) is 5.92 Å². The van der Waals surface area contributed by atoms with Crippen molar-refractivity contribution >= 4 is 5.78 Å². The molecule has 0 spiro atoms. The normalized spacial score (nSPS) is 30.4. The summed E-state index contributed by atoms with van der Waals surface area (Å²) in [5.74, 6) is 2.71. The summed E-state index contributed by atoms with van der Waals surface area (Å²) in [4.78, 5) is 15.7. The molecule has 34 heavy (non-hydrogen) atoms. The first kappa shape index (κ1) is 22.1. The lowest BCUT2D eigenvalue weighted by molar-refractivity contribution is -0.188. The number of nitrogens with zero attached hydrogens (tertiary/aromatic N) is 1. The van der Waals surface area contributed by atoms with E-state index in [-0.39, 0.29) is 11.0 Å². The summed E-state index contributed by atoms with van der Waals surface area (Å²) < 4.78 is 19.0. The van der Waals surface area contributed by atoms with Gasteiger partial charge < -0.3 is 14.2 Å². The minimum absolute atomic E-state index is 0.299. The van der Waals surface area contributed by atoms with Crippen LogP contribution in [0, 0.1) is 5.92 Å². The molecular formula is C29H35NO4. The highest BCUT2D eigenvalue weighted by Gasteiger charge is 2.67. The molecule has 0 N–H and O–H groups in total. The van der Waals surface area contributed by atoms with E-state index in [1.165, 1.54) is 18.4 Å². The minimum atomic E-state index is -0.369. The molecule has 5 nitrogen and oxygen atoms in total. The summed E-state index contributed by atoms with van der Waals surface area (Å²) in [6.45, 7) is 2.65. The van der Waals surface area contributed by atoms with Crippen LogP contribution in [-0.2, 0) is 28.0 Å². The van der Waals surface area contributed by atoms with Crippen LogP contribution in [0.5, 0.6) is 11.5 Å². The average Bonchev–Trinajstić information content (AvgIpc) is 3.68.